The van der Waals surface area contributed by atoms with Crippen LogP contribution in [-0.4, -0.2) is 39.6 Å². The lowest BCUT2D eigenvalue weighted by Gasteiger charge is -2.15. The van der Waals surface area contributed by atoms with Gasteiger partial charge in [0.25, 0.3) is 0 Å². The van der Waals surface area contributed by atoms with Crippen LogP contribution in [-0.2, 0) is 19.8 Å². The zero-order valence-electron chi connectivity index (χ0n) is 55.9. The number of unbranched alkanes of at least 4 members (excludes halogenated alkanes) is 18. The van der Waals surface area contributed by atoms with Crippen molar-refractivity contribution in [1.82, 2.24) is 0 Å². The first-order chi connectivity index (χ1) is 44.3. The van der Waals surface area contributed by atoms with Crippen molar-refractivity contribution in [3.63, 3.8) is 0 Å². The fourth-order valence-corrected chi connectivity index (χ4v) is 10.8. The van der Waals surface area contributed by atoms with Crippen LogP contribution in [0.25, 0.3) is 33.4 Å². The molecule has 0 N–H and O–H groups in total. The van der Waals surface area contributed by atoms with Gasteiger partial charge in [-0.3, -0.25) is 0 Å². The molecule has 90 heavy (non-hydrogen) atoms. The van der Waals surface area contributed by atoms with Crippen molar-refractivity contribution < 1.29 is 42.6 Å². The lowest BCUT2D eigenvalue weighted by atomic mass is 9.93. The summed E-state index contributed by atoms with van der Waals surface area (Å²) in [6.07, 6.45) is 27.7. The Morgan fingerprint density at radius 2 is 0.378 bits per heavy atom. The normalized spacial score (nSPS) is 11.1. The Hall–Kier alpha value is -7.26. The summed E-state index contributed by atoms with van der Waals surface area (Å²) < 4.78 is 57.1. The molecule has 0 heterocycles. The largest absolute Gasteiger partial charge is 0.493 e. The molecule has 0 aromatic heterocycles. The highest BCUT2D eigenvalue weighted by Crippen LogP contribution is 2.36. The zero-order valence-corrected chi connectivity index (χ0v) is 55.9. The number of hydrogen-bond acceptors (Lipinski definition) is 9. The number of hydrogen-bond donors (Lipinski definition) is 0. The molecule has 0 atom stereocenters. The third-order valence-electron chi connectivity index (χ3n) is 16.1. The fraction of sp³-hybridized carbons (Fsp3) is 0.481. The van der Waals surface area contributed by atoms with E-state index in [1.54, 1.807) is 0 Å². The van der Waals surface area contributed by atoms with Crippen LogP contribution in [0.15, 0.2) is 146 Å². The molecule has 7 aromatic carbocycles. The van der Waals surface area contributed by atoms with E-state index in [-0.39, 0.29) is 0 Å². The van der Waals surface area contributed by atoms with E-state index in [2.05, 4.69) is 169 Å². The minimum absolute atomic E-state index is 0.390. The maximum Gasteiger partial charge on any atom is 0.123 e. The standard InChI is InChI=1S/C81H108O9/c1-7-13-19-25-43-82-76-49-64(50-77(58-76)83-44-26-20-14-8-2)61-88-73-37-31-67(32-38-73)70-55-71(68-33-39-74(40-34-68)89-62-65-51-78(84-45-27-21-15-9-3)59-79(52-65)85-46-28-22-16-10-4)57-72(56-70)69-35-41-75(42-36-69)90-63-66-53-80(86-47-29-23-17-11-5)60-81(54-66)87-48-30-24-18-12-6/h31-42,49-60H,7-30,43-48,61-63H2,1-6H3. The lowest BCUT2D eigenvalue weighted by Crippen LogP contribution is -2.03. The van der Waals surface area contributed by atoms with E-state index in [0.29, 0.717) is 59.5 Å². The Balaban J connectivity index is 1.10. The SMILES string of the molecule is CCCCCCOc1cc(COc2ccc(-c3cc(-c4ccc(OCc5cc(OCCCCCC)cc(OCCCCCC)c5)cc4)cc(-c4ccc(OCc5cc(OCCCCCC)cc(OCCCCCC)c5)cc4)c3)cc2)cc(OCCCCCC)c1. The van der Waals surface area contributed by atoms with E-state index in [9.17, 15) is 0 Å². The Kier molecular flexibility index (Phi) is 32.7. The van der Waals surface area contributed by atoms with Crippen molar-refractivity contribution in [2.45, 2.75) is 215 Å². The maximum absolute atomic E-state index is 6.48. The second-order valence-corrected chi connectivity index (χ2v) is 24.1. The molecule has 0 aliphatic carbocycles. The molecular formula is C81H108O9. The van der Waals surface area contributed by atoms with Gasteiger partial charge in [0, 0.05) is 18.2 Å². The van der Waals surface area contributed by atoms with Crippen molar-refractivity contribution in [2.24, 2.45) is 0 Å². The monoisotopic (exact) mass is 1220 g/mol. The minimum atomic E-state index is 0.390. The molecule has 0 spiro atoms. The van der Waals surface area contributed by atoms with E-state index in [1.807, 2.05) is 18.2 Å². The van der Waals surface area contributed by atoms with Crippen LogP contribution in [0.1, 0.15) is 212 Å². The van der Waals surface area contributed by atoms with Crippen LogP contribution in [0.2, 0.25) is 0 Å². The predicted octanol–water partition coefficient (Wildman–Crippen LogP) is 23.2. The minimum Gasteiger partial charge on any atom is -0.493 e. The molecule has 0 saturated heterocycles. The van der Waals surface area contributed by atoms with E-state index < -0.39 is 0 Å². The van der Waals surface area contributed by atoms with Crippen molar-refractivity contribution in [3.8, 4) is 85.1 Å². The van der Waals surface area contributed by atoms with E-state index >= 15 is 0 Å². The van der Waals surface area contributed by atoms with Gasteiger partial charge in [-0.1, -0.05) is 194 Å². The van der Waals surface area contributed by atoms with Crippen LogP contribution < -0.4 is 42.6 Å². The van der Waals surface area contributed by atoms with Gasteiger partial charge in [-0.05, 0) is 180 Å². The third kappa shape index (κ3) is 26.3. The highest BCUT2D eigenvalue weighted by molar-refractivity contribution is 5.81. The summed E-state index contributed by atoms with van der Waals surface area (Å²) in [5, 5.41) is 0. The van der Waals surface area contributed by atoms with Gasteiger partial charge >= 0.3 is 0 Å². The Bertz CT molecular complexity index is 2610. The Morgan fingerprint density at radius 3 is 0.567 bits per heavy atom. The first-order valence-electron chi connectivity index (χ1n) is 34.9. The number of rotatable bonds is 48. The zero-order chi connectivity index (χ0) is 63.1. The van der Waals surface area contributed by atoms with Crippen molar-refractivity contribution in [3.05, 3.63) is 162 Å². The van der Waals surface area contributed by atoms with Crippen molar-refractivity contribution >= 4 is 0 Å². The predicted molar refractivity (Wildman–Crippen MR) is 373 cm³/mol. The molecule has 9 nitrogen and oxygen atoms in total. The van der Waals surface area contributed by atoms with Crippen LogP contribution >= 0.6 is 0 Å². The highest BCUT2D eigenvalue weighted by atomic mass is 16.5. The molecule has 0 aliphatic rings. The van der Waals surface area contributed by atoms with Crippen LogP contribution in [0, 0.1) is 0 Å². The van der Waals surface area contributed by atoms with Crippen LogP contribution in [0.4, 0.5) is 0 Å². The molecule has 0 radical (unpaired) electrons. The van der Waals surface area contributed by atoms with Gasteiger partial charge in [0.2, 0.25) is 0 Å². The second kappa shape index (κ2) is 41.9. The lowest BCUT2D eigenvalue weighted by molar-refractivity contribution is 0.282. The average molecular weight is 1230 g/mol. The summed E-state index contributed by atoms with van der Waals surface area (Å²) in [6, 6.07) is 50.7. The maximum atomic E-state index is 6.48. The topological polar surface area (TPSA) is 83.1 Å². The fourth-order valence-electron chi connectivity index (χ4n) is 10.8. The summed E-state index contributed by atoms with van der Waals surface area (Å²) in [5.41, 5.74) is 9.54. The summed E-state index contributed by atoms with van der Waals surface area (Å²) in [4.78, 5) is 0. The van der Waals surface area contributed by atoms with Gasteiger partial charge in [0.1, 0.15) is 71.6 Å². The summed E-state index contributed by atoms with van der Waals surface area (Å²) >= 11 is 0. The van der Waals surface area contributed by atoms with Gasteiger partial charge in [0.05, 0.1) is 39.6 Å². The van der Waals surface area contributed by atoms with Gasteiger partial charge in [-0.25, -0.2) is 0 Å². The first kappa shape index (κ1) is 70.2. The van der Waals surface area contributed by atoms with Gasteiger partial charge in [0.15, 0.2) is 0 Å². The second-order valence-electron chi connectivity index (χ2n) is 24.1. The molecule has 9 heteroatoms. The number of benzene rings is 7. The molecule has 0 saturated carbocycles. The molecule has 0 amide bonds. The molecule has 0 aliphatic heterocycles. The van der Waals surface area contributed by atoms with Gasteiger partial charge in [-0.2, -0.15) is 0 Å². The van der Waals surface area contributed by atoms with Gasteiger partial charge < -0.3 is 42.6 Å². The smallest absolute Gasteiger partial charge is 0.123 e. The molecule has 0 unspecified atom stereocenters. The first-order valence-corrected chi connectivity index (χ1v) is 34.9. The van der Waals surface area contributed by atoms with E-state index in [1.165, 1.54) is 116 Å². The number of ether oxygens (including phenoxy) is 9. The summed E-state index contributed by atoms with van der Waals surface area (Å²) in [7, 11) is 0. The summed E-state index contributed by atoms with van der Waals surface area (Å²) in [6.45, 7) is 18.7. The van der Waals surface area contributed by atoms with Crippen molar-refractivity contribution in [1.29, 1.82) is 0 Å². The molecule has 7 rings (SSSR count). The van der Waals surface area contributed by atoms with Crippen molar-refractivity contribution in [2.75, 3.05) is 39.6 Å². The third-order valence-corrected chi connectivity index (χ3v) is 16.1. The Morgan fingerprint density at radius 1 is 0.178 bits per heavy atom. The van der Waals surface area contributed by atoms with Crippen LogP contribution in [0.5, 0.6) is 51.7 Å². The quantitative estimate of drug-likeness (QED) is 0.0346. The molecule has 0 fully saturated rings. The van der Waals surface area contributed by atoms with E-state index in [0.717, 1.165) is 140 Å². The molecule has 7 aromatic rings. The summed E-state index contributed by atoms with van der Waals surface area (Å²) in [5.74, 6) is 7.32. The molecule has 0 bridgehead atoms. The molecule has 486 valence electrons. The van der Waals surface area contributed by atoms with Gasteiger partial charge in [-0.15, -0.1) is 0 Å². The highest BCUT2D eigenvalue weighted by Gasteiger charge is 2.13. The Labute approximate surface area is 542 Å². The average Bonchev–Trinajstić information content (AvgIpc) is 1.18. The molecular weight excluding hydrogens is 1120 g/mol. The van der Waals surface area contributed by atoms with Crippen LogP contribution in [0.3, 0.4) is 0 Å². The van der Waals surface area contributed by atoms with E-state index in [4.69, 9.17) is 42.6 Å².